The number of nitrogens with one attached hydrogen (secondary N) is 1. The van der Waals surface area contributed by atoms with E-state index in [-0.39, 0.29) is 0 Å². The molecule has 1 aliphatic rings. The van der Waals surface area contributed by atoms with Crippen molar-refractivity contribution in [1.82, 2.24) is 9.97 Å². The van der Waals surface area contributed by atoms with E-state index >= 15 is 0 Å². The van der Waals surface area contributed by atoms with E-state index < -0.39 is 0 Å². The minimum absolute atomic E-state index is 0.374. The highest BCUT2D eigenvalue weighted by molar-refractivity contribution is 6.30. The van der Waals surface area contributed by atoms with Crippen LogP contribution >= 0.6 is 11.6 Å². The van der Waals surface area contributed by atoms with Crippen LogP contribution in [0.2, 0.25) is 5.15 Å². The molecule has 0 amide bonds. The summed E-state index contributed by atoms with van der Waals surface area (Å²) in [6.45, 7) is 8.45. The molecule has 5 heteroatoms. The molecule has 2 heterocycles. The molecule has 1 aromatic carbocycles. The zero-order chi connectivity index (χ0) is 14.7. The van der Waals surface area contributed by atoms with Gasteiger partial charge in [-0.05, 0) is 31.0 Å². The molecule has 0 fully saturated rings. The first-order chi connectivity index (χ1) is 9.65. The van der Waals surface area contributed by atoms with Crippen molar-refractivity contribution in [1.29, 1.82) is 0 Å². The fraction of sp³-hybridized carbons (Fsp3) is 0.333. The van der Waals surface area contributed by atoms with Crippen LogP contribution in [0.5, 0.6) is 5.75 Å². The van der Waals surface area contributed by atoms with Gasteiger partial charge in [0.1, 0.15) is 29.7 Å². The van der Waals surface area contributed by atoms with Crippen LogP contribution in [-0.2, 0) is 6.61 Å². The summed E-state index contributed by atoms with van der Waals surface area (Å²) in [5.74, 6) is 1.55. The van der Waals surface area contributed by atoms with Crippen molar-refractivity contribution in [2.75, 3.05) is 5.32 Å². The first-order valence-electron chi connectivity index (χ1n) is 6.65. The monoisotopic (exact) mass is 291 g/mol. The van der Waals surface area contributed by atoms with Crippen molar-refractivity contribution in [3.05, 3.63) is 40.3 Å². The van der Waals surface area contributed by atoms with Crippen LogP contribution in [0.25, 0.3) is 0 Å². The Morgan fingerprint density at radius 1 is 1.20 bits per heavy atom. The SMILES string of the molecule is CC.Cc1cc(C)c2c(c1)Nc1ncnc(Cl)c1CO2. The van der Waals surface area contributed by atoms with Crippen molar-refractivity contribution >= 4 is 23.1 Å². The van der Waals surface area contributed by atoms with Crippen LogP contribution in [-0.4, -0.2) is 9.97 Å². The van der Waals surface area contributed by atoms with Gasteiger partial charge in [-0.1, -0.05) is 31.5 Å². The summed E-state index contributed by atoms with van der Waals surface area (Å²) >= 11 is 6.06. The van der Waals surface area contributed by atoms with Gasteiger partial charge in [0.25, 0.3) is 0 Å². The smallest absolute Gasteiger partial charge is 0.146 e. The van der Waals surface area contributed by atoms with Crippen molar-refractivity contribution in [3.63, 3.8) is 0 Å². The number of benzene rings is 1. The molecular formula is C15H18ClN3O. The lowest BCUT2D eigenvalue weighted by atomic mass is 10.1. The third-order valence-corrected chi connectivity index (χ3v) is 3.25. The van der Waals surface area contributed by atoms with Crippen LogP contribution in [0.15, 0.2) is 18.5 Å². The second-order valence-corrected chi connectivity index (χ2v) is 4.72. The van der Waals surface area contributed by atoms with Crippen molar-refractivity contribution in [3.8, 4) is 5.75 Å². The van der Waals surface area contributed by atoms with E-state index in [1.54, 1.807) is 0 Å². The molecule has 1 aromatic heterocycles. The van der Waals surface area contributed by atoms with E-state index in [1.165, 1.54) is 11.9 Å². The zero-order valence-corrected chi connectivity index (χ0v) is 12.9. The third kappa shape index (κ3) is 2.70. The first-order valence-corrected chi connectivity index (χ1v) is 7.03. The Bertz CT molecular complexity index is 629. The first kappa shape index (κ1) is 14.6. The Morgan fingerprint density at radius 3 is 2.70 bits per heavy atom. The lowest BCUT2D eigenvalue weighted by Crippen LogP contribution is -1.99. The molecule has 0 spiro atoms. The van der Waals surface area contributed by atoms with Gasteiger partial charge in [-0.2, -0.15) is 0 Å². The fourth-order valence-electron chi connectivity index (χ4n) is 2.14. The van der Waals surface area contributed by atoms with Gasteiger partial charge in [0.15, 0.2) is 0 Å². The van der Waals surface area contributed by atoms with E-state index in [4.69, 9.17) is 16.3 Å². The maximum atomic E-state index is 6.06. The van der Waals surface area contributed by atoms with Gasteiger partial charge in [-0.3, -0.25) is 0 Å². The Hall–Kier alpha value is -1.81. The molecule has 1 N–H and O–H groups in total. The van der Waals surface area contributed by atoms with Crippen LogP contribution in [0.4, 0.5) is 11.5 Å². The molecule has 0 radical (unpaired) electrons. The largest absolute Gasteiger partial charge is 0.486 e. The number of halogens is 1. The van der Waals surface area contributed by atoms with E-state index in [9.17, 15) is 0 Å². The second-order valence-electron chi connectivity index (χ2n) is 4.36. The summed E-state index contributed by atoms with van der Waals surface area (Å²) in [7, 11) is 0. The lowest BCUT2D eigenvalue weighted by Gasteiger charge is -2.11. The molecule has 0 bridgehead atoms. The number of hydrogen-bond donors (Lipinski definition) is 1. The fourth-order valence-corrected chi connectivity index (χ4v) is 2.32. The predicted molar refractivity (Wildman–Crippen MR) is 81.9 cm³/mol. The highest BCUT2D eigenvalue weighted by Crippen LogP contribution is 2.37. The lowest BCUT2D eigenvalue weighted by molar-refractivity contribution is 0.308. The molecule has 4 nitrogen and oxygen atoms in total. The van der Waals surface area contributed by atoms with Crippen molar-refractivity contribution < 1.29 is 4.74 Å². The Morgan fingerprint density at radius 2 is 1.95 bits per heavy atom. The molecule has 3 rings (SSSR count). The van der Waals surface area contributed by atoms with Crippen LogP contribution in [0.1, 0.15) is 30.5 Å². The summed E-state index contributed by atoms with van der Waals surface area (Å²) in [6, 6.07) is 4.12. The quantitative estimate of drug-likeness (QED) is 0.730. The number of aromatic nitrogens is 2. The molecule has 0 saturated heterocycles. The van der Waals surface area contributed by atoms with Gasteiger partial charge in [0.2, 0.25) is 0 Å². The third-order valence-electron chi connectivity index (χ3n) is 2.93. The highest BCUT2D eigenvalue weighted by atomic mass is 35.5. The number of aryl methyl sites for hydroxylation is 2. The van der Waals surface area contributed by atoms with Crippen molar-refractivity contribution in [2.24, 2.45) is 0 Å². The van der Waals surface area contributed by atoms with Crippen LogP contribution in [0, 0.1) is 13.8 Å². The number of hydrogen-bond acceptors (Lipinski definition) is 4. The molecular weight excluding hydrogens is 274 g/mol. The minimum Gasteiger partial charge on any atom is -0.486 e. The van der Waals surface area contributed by atoms with E-state index in [1.807, 2.05) is 33.8 Å². The van der Waals surface area contributed by atoms with E-state index in [0.717, 1.165) is 22.6 Å². The summed E-state index contributed by atoms with van der Waals surface area (Å²) in [4.78, 5) is 8.18. The van der Waals surface area contributed by atoms with E-state index in [2.05, 4.69) is 21.4 Å². The molecule has 0 atom stereocenters. The average Bonchev–Trinajstić information content (AvgIpc) is 2.61. The maximum absolute atomic E-state index is 6.06. The van der Waals surface area contributed by atoms with Gasteiger partial charge >= 0.3 is 0 Å². The predicted octanol–water partition coefficient (Wildman–Crippen LogP) is 4.41. The summed E-state index contributed by atoms with van der Waals surface area (Å²) in [5.41, 5.74) is 3.97. The topological polar surface area (TPSA) is 47.0 Å². The van der Waals surface area contributed by atoms with Crippen LogP contribution in [0.3, 0.4) is 0 Å². The van der Waals surface area contributed by atoms with Crippen LogP contribution < -0.4 is 10.1 Å². The van der Waals surface area contributed by atoms with Gasteiger partial charge in [0, 0.05) is 0 Å². The Balaban J connectivity index is 0.000000704. The number of nitrogens with zero attached hydrogens (tertiary/aromatic N) is 2. The summed E-state index contributed by atoms with van der Waals surface area (Å²) in [6.07, 6.45) is 1.45. The molecule has 0 saturated carbocycles. The number of anilines is 2. The molecule has 20 heavy (non-hydrogen) atoms. The Labute approximate surface area is 124 Å². The number of fused-ring (bicyclic) bond motifs is 2. The highest BCUT2D eigenvalue weighted by Gasteiger charge is 2.19. The van der Waals surface area contributed by atoms with Gasteiger partial charge in [-0.15, -0.1) is 0 Å². The molecule has 0 aliphatic carbocycles. The number of rotatable bonds is 0. The molecule has 1 aliphatic heterocycles. The van der Waals surface area contributed by atoms with Gasteiger partial charge in [-0.25, -0.2) is 9.97 Å². The average molecular weight is 292 g/mol. The standard InChI is InChI=1S/C13H12ClN3O.C2H6/c1-7-3-8(2)11-10(4-7)17-13-9(5-18-11)12(14)15-6-16-13;1-2/h3-4,6H,5H2,1-2H3,(H,15,16,17);1-2H3. The zero-order valence-electron chi connectivity index (χ0n) is 12.1. The molecule has 0 unspecified atom stereocenters. The minimum atomic E-state index is 0.374. The number of ether oxygens (including phenoxy) is 1. The van der Waals surface area contributed by atoms with Gasteiger partial charge in [0.05, 0.1) is 11.3 Å². The second kappa shape index (κ2) is 6.09. The summed E-state index contributed by atoms with van der Waals surface area (Å²) < 4.78 is 5.81. The van der Waals surface area contributed by atoms with Gasteiger partial charge < -0.3 is 10.1 Å². The van der Waals surface area contributed by atoms with Crippen molar-refractivity contribution in [2.45, 2.75) is 34.3 Å². The molecule has 106 valence electrons. The molecule has 2 aromatic rings. The Kier molecular flexibility index (Phi) is 4.45. The maximum Gasteiger partial charge on any atom is 0.146 e. The summed E-state index contributed by atoms with van der Waals surface area (Å²) in [5, 5.41) is 3.69. The normalized spacial score (nSPS) is 11.8. The van der Waals surface area contributed by atoms with E-state index in [0.29, 0.717) is 17.6 Å².